The number of nitrogens with zero attached hydrogens (tertiary/aromatic N) is 5. The van der Waals surface area contributed by atoms with Gasteiger partial charge in [0.2, 0.25) is 11.7 Å². The van der Waals surface area contributed by atoms with Crippen molar-refractivity contribution in [2.24, 2.45) is 0 Å². The molecule has 1 N–H and O–H groups in total. The number of hydrogen-bond donors (Lipinski definition) is 1. The first-order valence-corrected chi connectivity index (χ1v) is 11.2. The zero-order chi connectivity index (χ0) is 23.1. The van der Waals surface area contributed by atoms with Crippen molar-refractivity contribution in [2.75, 3.05) is 11.1 Å². The highest BCUT2D eigenvalue weighted by molar-refractivity contribution is 7.99. The molecule has 5 rings (SSSR count). The zero-order valence-electron chi connectivity index (χ0n) is 18.2. The molecule has 1 amide bonds. The number of carbonyl (C=O) groups is 1. The molecule has 33 heavy (non-hydrogen) atoms. The van der Waals surface area contributed by atoms with E-state index in [1.807, 2.05) is 54.6 Å². The Morgan fingerprint density at radius 1 is 1.09 bits per heavy atom. The molecule has 0 fully saturated rings. The maximum atomic E-state index is 13.5. The summed E-state index contributed by atoms with van der Waals surface area (Å²) in [4.78, 5) is 25.9. The maximum absolute atomic E-state index is 13.5. The van der Waals surface area contributed by atoms with Crippen LogP contribution in [-0.2, 0) is 4.79 Å². The second-order valence-electron chi connectivity index (χ2n) is 7.73. The lowest BCUT2D eigenvalue weighted by atomic mass is 10.1. The van der Waals surface area contributed by atoms with Crippen LogP contribution in [0.15, 0.2) is 63.0 Å². The van der Waals surface area contributed by atoms with E-state index in [-0.39, 0.29) is 17.2 Å². The Balaban J connectivity index is 1.60. The Morgan fingerprint density at radius 2 is 1.91 bits per heavy atom. The lowest BCUT2D eigenvalue weighted by molar-refractivity contribution is -0.113. The molecule has 9 nitrogen and oxygen atoms in total. The smallest absolute Gasteiger partial charge is 0.267 e. The van der Waals surface area contributed by atoms with Crippen molar-refractivity contribution in [1.29, 1.82) is 0 Å². The minimum Gasteiger partial charge on any atom is -0.360 e. The van der Waals surface area contributed by atoms with E-state index in [4.69, 9.17) is 4.52 Å². The van der Waals surface area contributed by atoms with E-state index in [1.54, 1.807) is 23.6 Å². The quantitative estimate of drug-likeness (QED) is 0.399. The van der Waals surface area contributed by atoms with E-state index in [0.717, 1.165) is 16.8 Å². The summed E-state index contributed by atoms with van der Waals surface area (Å²) in [5.74, 6) is 1.19. The van der Waals surface area contributed by atoms with E-state index in [0.29, 0.717) is 33.4 Å². The van der Waals surface area contributed by atoms with Gasteiger partial charge in [-0.3, -0.25) is 14.0 Å². The zero-order valence-corrected chi connectivity index (χ0v) is 19.0. The van der Waals surface area contributed by atoms with Gasteiger partial charge in [-0.05, 0) is 50.1 Å². The predicted molar refractivity (Wildman–Crippen MR) is 126 cm³/mol. The van der Waals surface area contributed by atoms with Crippen LogP contribution in [0, 0.1) is 20.8 Å². The largest absolute Gasteiger partial charge is 0.360 e. The lowest BCUT2D eigenvalue weighted by Gasteiger charge is -2.14. The van der Waals surface area contributed by atoms with Crippen LogP contribution in [0.25, 0.3) is 22.4 Å². The van der Waals surface area contributed by atoms with Gasteiger partial charge in [0.05, 0.1) is 22.3 Å². The van der Waals surface area contributed by atoms with Gasteiger partial charge in [0.15, 0.2) is 11.0 Å². The van der Waals surface area contributed by atoms with Crippen LogP contribution < -0.4 is 10.9 Å². The average Bonchev–Trinajstić information content (AvgIpc) is 3.41. The highest BCUT2D eigenvalue weighted by atomic mass is 32.2. The number of rotatable bonds is 5. The average molecular weight is 461 g/mol. The molecule has 0 atom stereocenters. The fourth-order valence-corrected chi connectivity index (χ4v) is 4.42. The molecule has 3 heterocycles. The van der Waals surface area contributed by atoms with Crippen molar-refractivity contribution < 1.29 is 9.32 Å². The first-order valence-electron chi connectivity index (χ1n) is 10.2. The van der Waals surface area contributed by atoms with Crippen LogP contribution in [0.4, 0.5) is 5.82 Å². The van der Waals surface area contributed by atoms with Gasteiger partial charge >= 0.3 is 0 Å². The summed E-state index contributed by atoms with van der Waals surface area (Å²) in [5.41, 5.74) is 3.23. The second-order valence-corrected chi connectivity index (χ2v) is 8.67. The van der Waals surface area contributed by atoms with Crippen molar-refractivity contribution in [3.8, 4) is 5.69 Å². The van der Waals surface area contributed by atoms with Crippen LogP contribution in [0.5, 0.6) is 0 Å². The molecule has 2 aromatic carbocycles. The van der Waals surface area contributed by atoms with Crippen molar-refractivity contribution in [3.05, 3.63) is 75.8 Å². The molecule has 0 aliphatic heterocycles. The molecule has 0 aliphatic carbocycles. The summed E-state index contributed by atoms with van der Waals surface area (Å²) in [6, 6.07) is 14.9. The number of para-hydroxylation sites is 1. The standard InChI is InChI=1S/C23H20N6O3S/c1-13-8-9-14(2)18(10-13)28-21(31)16-6-4-5-7-17(16)29-22(28)25-26-23(29)33-12-20(30)24-19-11-15(3)32-27-19/h4-11H,12H2,1-3H3,(H,24,27,30). The normalized spacial score (nSPS) is 11.4. The van der Waals surface area contributed by atoms with Crippen LogP contribution in [0.2, 0.25) is 0 Å². The summed E-state index contributed by atoms with van der Waals surface area (Å²) in [5, 5.41) is 16.2. The van der Waals surface area contributed by atoms with Crippen molar-refractivity contribution in [1.82, 2.24) is 24.3 Å². The Kier molecular flexibility index (Phi) is 5.21. The summed E-state index contributed by atoms with van der Waals surface area (Å²) in [6.07, 6.45) is 0. The minimum atomic E-state index is -0.253. The van der Waals surface area contributed by atoms with E-state index in [2.05, 4.69) is 20.7 Å². The van der Waals surface area contributed by atoms with Crippen LogP contribution in [0.3, 0.4) is 0 Å². The topological polar surface area (TPSA) is 107 Å². The van der Waals surface area contributed by atoms with Gasteiger partial charge in [0.1, 0.15) is 5.76 Å². The number of benzene rings is 2. The number of aryl methyl sites for hydroxylation is 3. The van der Waals surface area contributed by atoms with E-state index in [1.165, 1.54) is 11.8 Å². The molecular formula is C23H20N6O3S. The van der Waals surface area contributed by atoms with Crippen LogP contribution in [0.1, 0.15) is 16.9 Å². The summed E-state index contributed by atoms with van der Waals surface area (Å²) in [7, 11) is 0. The van der Waals surface area contributed by atoms with Crippen molar-refractivity contribution in [3.63, 3.8) is 0 Å². The summed E-state index contributed by atoms with van der Waals surface area (Å²) >= 11 is 1.23. The fourth-order valence-electron chi connectivity index (χ4n) is 3.68. The molecule has 0 saturated heterocycles. The third kappa shape index (κ3) is 3.78. The van der Waals surface area contributed by atoms with Crippen molar-refractivity contribution in [2.45, 2.75) is 25.9 Å². The van der Waals surface area contributed by atoms with Gasteiger partial charge < -0.3 is 9.84 Å². The molecule has 5 aromatic rings. The maximum Gasteiger partial charge on any atom is 0.267 e. The van der Waals surface area contributed by atoms with Gasteiger partial charge in [0, 0.05) is 6.07 Å². The van der Waals surface area contributed by atoms with Crippen LogP contribution >= 0.6 is 11.8 Å². The fraction of sp³-hybridized carbons (Fsp3) is 0.174. The summed E-state index contributed by atoms with van der Waals surface area (Å²) in [6.45, 7) is 5.68. The number of hydrogen-bond acceptors (Lipinski definition) is 7. The molecule has 3 aromatic heterocycles. The van der Waals surface area contributed by atoms with Crippen molar-refractivity contribution >= 4 is 40.2 Å². The van der Waals surface area contributed by atoms with Gasteiger partial charge in [-0.25, -0.2) is 4.57 Å². The molecule has 10 heteroatoms. The monoisotopic (exact) mass is 460 g/mol. The second kappa shape index (κ2) is 8.21. The molecule has 166 valence electrons. The number of aromatic nitrogens is 5. The van der Waals surface area contributed by atoms with E-state index >= 15 is 0 Å². The molecule has 0 saturated carbocycles. The van der Waals surface area contributed by atoms with Gasteiger partial charge in [-0.1, -0.05) is 41.2 Å². The number of fused-ring (bicyclic) bond motifs is 3. The molecule has 0 spiro atoms. The Bertz CT molecular complexity index is 1580. The van der Waals surface area contributed by atoms with Crippen LogP contribution in [-0.4, -0.2) is 36.0 Å². The molecule has 0 bridgehead atoms. The molecule has 0 radical (unpaired) electrons. The third-order valence-electron chi connectivity index (χ3n) is 5.23. The number of anilines is 1. The number of carbonyl (C=O) groups excluding carboxylic acids is 1. The first kappa shape index (κ1) is 21.0. The SMILES string of the molecule is Cc1ccc(C)c(-n2c(=O)c3ccccc3n3c(SCC(=O)Nc4cc(C)on4)nnc23)c1. The minimum absolute atomic E-state index is 0.0869. The van der Waals surface area contributed by atoms with Gasteiger partial charge in [0.25, 0.3) is 5.56 Å². The number of nitrogens with one attached hydrogen (secondary N) is 1. The van der Waals surface area contributed by atoms with E-state index < -0.39 is 0 Å². The molecule has 0 aliphatic rings. The molecule has 0 unspecified atom stereocenters. The summed E-state index contributed by atoms with van der Waals surface area (Å²) < 4.78 is 8.38. The third-order valence-corrected chi connectivity index (χ3v) is 6.16. The highest BCUT2D eigenvalue weighted by Gasteiger charge is 2.19. The lowest BCUT2D eigenvalue weighted by Crippen LogP contribution is -2.22. The highest BCUT2D eigenvalue weighted by Crippen LogP contribution is 2.25. The Morgan fingerprint density at radius 3 is 2.70 bits per heavy atom. The Labute approximate surface area is 192 Å². The molecular weight excluding hydrogens is 440 g/mol. The Hall–Kier alpha value is -3.92. The van der Waals surface area contributed by atoms with E-state index in [9.17, 15) is 9.59 Å². The predicted octanol–water partition coefficient (Wildman–Crippen LogP) is 3.68. The number of thioether (sulfide) groups is 1. The first-order chi connectivity index (χ1) is 15.9. The van der Waals surface area contributed by atoms with Gasteiger partial charge in [-0.2, -0.15) is 0 Å². The number of amides is 1. The van der Waals surface area contributed by atoms with Gasteiger partial charge in [-0.15, -0.1) is 10.2 Å².